The monoisotopic (exact) mass is 381 g/mol. The van der Waals surface area contributed by atoms with Gasteiger partial charge in [-0.1, -0.05) is 11.6 Å². The predicted octanol–water partition coefficient (Wildman–Crippen LogP) is 3.73. The highest BCUT2D eigenvalue weighted by atomic mass is 16.5. The first-order valence-corrected chi connectivity index (χ1v) is 9.82. The second-order valence-corrected chi connectivity index (χ2v) is 7.13. The summed E-state index contributed by atoms with van der Waals surface area (Å²) in [6.45, 7) is 4.12. The number of carbonyl (C=O) groups excluding carboxylic acids is 2. The molecule has 3 rings (SSSR count). The highest BCUT2D eigenvalue weighted by Crippen LogP contribution is 2.19. The van der Waals surface area contributed by atoms with Crippen molar-refractivity contribution in [3.05, 3.63) is 59.4 Å². The summed E-state index contributed by atoms with van der Waals surface area (Å²) in [5.41, 5.74) is 3.68. The number of allylic oxidation sites excluding steroid dienone is 1. The fraction of sp³-hybridized carbons (Fsp3) is 0.409. The Morgan fingerprint density at radius 3 is 2.64 bits per heavy atom. The molecule has 0 spiro atoms. The van der Waals surface area contributed by atoms with E-state index in [0.29, 0.717) is 12.1 Å². The molecule has 0 fully saturated rings. The fourth-order valence-electron chi connectivity index (χ4n) is 3.28. The number of hydrogen-bond acceptors (Lipinski definition) is 4. The van der Waals surface area contributed by atoms with Crippen LogP contribution in [-0.4, -0.2) is 34.3 Å². The Hall–Kier alpha value is -2.89. The lowest BCUT2D eigenvalue weighted by molar-refractivity contribution is -0.129. The van der Waals surface area contributed by atoms with Crippen LogP contribution in [0.25, 0.3) is 5.69 Å². The predicted molar refractivity (Wildman–Crippen MR) is 107 cm³/mol. The number of rotatable bonds is 7. The molecule has 2 aromatic rings. The molecular weight excluding hydrogens is 354 g/mol. The normalized spacial score (nSPS) is 14.9. The van der Waals surface area contributed by atoms with Crippen molar-refractivity contribution in [2.75, 3.05) is 6.54 Å². The summed E-state index contributed by atoms with van der Waals surface area (Å²) in [4.78, 5) is 24.5. The minimum Gasteiger partial charge on any atom is -0.449 e. The number of benzene rings is 1. The van der Waals surface area contributed by atoms with Crippen molar-refractivity contribution in [3.63, 3.8) is 0 Å². The Morgan fingerprint density at radius 1 is 1.21 bits per heavy atom. The molecule has 0 saturated heterocycles. The lowest BCUT2D eigenvalue weighted by Crippen LogP contribution is -2.36. The Balaban J connectivity index is 1.48. The van der Waals surface area contributed by atoms with Crippen molar-refractivity contribution in [1.82, 2.24) is 15.1 Å². The molecule has 1 N–H and O–H groups in total. The maximum absolute atomic E-state index is 12.3. The molecule has 1 atom stereocenters. The molecule has 1 aromatic carbocycles. The maximum Gasteiger partial charge on any atom is 0.338 e. The van der Waals surface area contributed by atoms with Gasteiger partial charge >= 0.3 is 5.97 Å². The summed E-state index contributed by atoms with van der Waals surface area (Å²) in [6.07, 6.45) is 8.76. The molecule has 1 heterocycles. The van der Waals surface area contributed by atoms with Crippen molar-refractivity contribution in [1.29, 1.82) is 0 Å². The van der Waals surface area contributed by atoms with Crippen molar-refractivity contribution >= 4 is 11.9 Å². The van der Waals surface area contributed by atoms with Crippen molar-refractivity contribution in [2.45, 2.75) is 52.1 Å². The van der Waals surface area contributed by atoms with Crippen LogP contribution in [0.15, 0.2) is 48.2 Å². The molecule has 0 saturated carbocycles. The topological polar surface area (TPSA) is 73.2 Å². The number of aryl methyl sites for hydroxylation is 1. The third kappa shape index (κ3) is 5.09. The van der Waals surface area contributed by atoms with Crippen LogP contribution in [-0.2, 0) is 9.53 Å². The van der Waals surface area contributed by atoms with Gasteiger partial charge < -0.3 is 10.1 Å². The minimum absolute atomic E-state index is 0.270. The first kappa shape index (κ1) is 19.9. The molecule has 6 heteroatoms. The molecule has 6 nitrogen and oxygen atoms in total. The number of carbonyl (C=O) groups is 2. The largest absolute Gasteiger partial charge is 0.449 e. The molecule has 148 valence electrons. The molecule has 1 aromatic heterocycles. The minimum atomic E-state index is -0.833. The standard InChI is InChI=1S/C22H27N3O3/c1-16-12-15-24-25(16)20-10-8-19(9-11-20)22(27)28-17(2)21(26)23-14-13-18-6-4-3-5-7-18/h6,8-12,15,17H,3-5,7,13-14H2,1-2H3,(H,23,26)/t17-/m0/s1. The van der Waals surface area contributed by atoms with E-state index < -0.39 is 12.1 Å². The third-order valence-electron chi connectivity index (χ3n) is 4.96. The zero-order valence-corrected chi connectivity index (χ0v) is 16.5. The summed E-state index contributed by atoms with van der Waals surface area (Å²) in [5, 5.41) is 7.09. The van der Waals surface area contributed by atoms with Crippen LogP contribution in [0.4, 0.5) is 0 Å². The summed E-state index contributed by atoms with van der Waals surface area (Å²) >= 11 is 0. The van der Waals surface area contributed by atoms with Gasteiger partial charge in [0.05, 0.1) is 11.3 Å². The van der Waals surface area contributed by atoms with Gasteiger partial charge in [0.25, 0.3) is 5.91 Å². The molecule has 1 aliphatic carbocycles. The van der Waals surface area contributed by atoms with E-state index in [2.05, 4.69) is 16.5 Å². The molecule has 0 bridgehead atoms. The number of amides is 1. The van der Waals surface area contributed by atoms with Crippen molar-refractivity contribution in [2.24, 2.45) is 0 Å². The van der Waals surface area contributed by atoms with E-state index in [4.69, 9.17) is 4.74 Å². The van der Waals surface area contributed by atoms with E-state index in [0.717, 1.165) is 30.6 Å². The lowest BCUT2D eigenvalue weighted by atomic mass is 9.97. The first-order valence-electron chi connectivity index (χ1n) is 9.82. The second-order valence-electron chi connectivity index (χ2n) is 7.13. The quantitative estimate of drug-likeness (QED) is 0.586. The van der Waals surface area contributed by atoms with Crippen LogP contribution in [0.3, 0.4) is 0 Å². The van der Waals surface area contributed by atoms with Crippen LogP contribution in [0.1, 0.15) is 55.1 Å². The summed E-state index contributed by atoms with van der Waals surface area (Å²) in [5.74, 6) is -0.782. The first-order chi connectivity index (χ1) is 13.5. The van der Waals surface area contributed by atoms with Crippen LogP contribution in [0.5, 0.6) is 0 Å². The van der Waals surface area contributed by atoms with E-state index in [9.17, 15) is 9.59 Å². The summed E-state index contributed by atoms with van der Waals surface area (Å²) in [6, 6.07) is 8.88. The van der Waals surface area contributed by atoms with Gasteiger partial charge in [-0.25, -0.2) is 9.48 Å². The second kappa shape index (κ2) is 9.35. The van der Waals surface area contributed by atoms with E-state index in [1.54, 1.807) is 42.1 Å². The van der Waals surface area contributed by atoms with Gasteiger partial charge in [0.2, 0.25) is 0 Å². The highest BCUT2D eigenvalue weighted by molar-refractivity contribution is 5.92. The van der Waals surface area contributed by atoms with Gasteiger partial charge in [0.15, 0.2) is 6.10 Å². The maximum atomic E-state index is 12.3. The number of hydrogen-bond donors (Lipinski definition) is 1. The lowest BCUT2D eigenvalue weighted by Gasteiger charge is -2.16. The number of ether oxygens (including phenoxy) is 1. The van der Waals surface area contributed by atoms with Crippen LogP contribution < -0.4 is 5.32 Å². The highest BCUT2D eigenvalue weighted by Gasteiger charge is 2.19. The van der Waals surface area contributed by atoms with Crippen molar-refractivity contribution < 1.29 is 14.3 Å². The zero-order chi connectivity index (χ0) is 19.9. The molecule has 0 unspecified atom stereocenters. The number of nitrogens with zero attached hydrogens (tertiary/aromatic N) is 2. The molecule has 1 amide bonds. The molecular formula is C22H27N3O3. The Bertz CT molecular complexity index is 852. The van der Waals surface area contributed by atoms with E-state index in [1.807, 2.05) is 13.0 Å². The van der Waals surface area contributed by atoms with Gasteiger partial charge in [0.1, 0.15) is 0 Å². The SMILES string of the molecule is Cc1ccnn1-c1ccc(C(=O)O[C@@H](C)C(=O)NCCC2=CCCCC2)cc1. The van der Waals surface area contributed by atoms with Gasteiger partial charge in [-0.15, -0.1) is 0 Å². The molecule has 0 radical (unpaired) electrons. The number of esters is 1. The summed E-state index contributed by atoms with van der Waals surface area (Å²) < 4.78 is 7.09. The fourth-order valence-corrected chi connectivity index (χ4v) is 3.28. The third-order valence-corrected chi connectivity index (χ3v) is 4.96. The number of nitrogens with one attached hydrogen (secondary N) is 1. The zero-order valence-electron chi connectivity index (χ0n) is 16.5. The van der Waals surface area contributed by atoms with Crippen molar-refractivity contribution in [3.8, 4) is 5.69 Å². The van der Waals surface area contributed by atoms with Gasteiger partial charge in [-0.2, -0.15) is 5.10 Å². The van der Waals surface area contributed by atoms with Gasteiger partial charge in [-0.3, -0.25) is 4.79 Å². The Morgan fingerprint density at radius 2 is 2.00 bits per heavy atom. The smallest absolute Gasteiger partial charge is 0.338 e. The average Bonchev–Trinajstić information content (AvgIpc) is 3.14. The van der Waals surface area contributed by atoms with Gasteiger partial charge in [0, 0.05) is 18.4 Å². The van der Waals surface area contributed by atoms with Gasteiger partial charge in [-0.05, 0) is 76.3 Å². The average molecular weight is 381 g/mol. The van der Waals surface area contributed by atoms with E-state index in [1.165, 1.54) is 18.4 Å². The molecule has 1 aliphatic rings. The Labute approximate surface area is 165 Å². The van der Waals surface area contributed by atoms with Crippen LogP contribution in [0.2, 0.25) is 0 Å². The Kier molecular flexibility index (Phi) is 6.63. The van der Waals surface area contributed by atoms with E-state index in [-0.39, 0.29) is 5.91 Å². The van der Waals surface area contributed by atoms with Crippen LogP contribution in [0, 0.1) is 6.92 Å². The molecule has 0 aliphatic heterocycles. The number of aromatic nitrogens is 2. The molecule has 28 heavy (non-hydrogen) atoms. The van der Waals surface area contributed by atoms with E-state index >= 15 is 0 Å². The summed E-state index contributed by atoms with van der Waals surface area (Å²) in [7, 11) is 0. The van der Waals surface area contributed by atoms with Crippen LogP contribution >= 0.6 is 0 Å².